The summed E-state index contributed by atoms with van der Waals surface area (Å²) in [5, 5.41) is 4.55. The highest BCUT2D eigenvalue weighted by atomic mass is 32.1. The van der Waals surface area contributed by atoms with Crippen LogP contribution in [0.25, 0.3) is 0 Å². The van der Waals surface area contributed by atoms with E-state index in [1.807, 2.05) is 32.2 Å². The van der Waals surface area contributed by atoms with Crippen molar-refractivity contribution in [1.29, 1.82) is 0 Å². The summed E-state index contributed by atoms with van der Waals surface area (Å²) in [6.45, 7) is 6.25. The molecule has 0 aliphatic rings. The molecular weight excluding hydrogens is 456 g/mol. The van der Waals surface area contributed by atoms with Gasteiger partial charge in [0.1, 0.15) is 18.2 Å². The topological polar surface area (TPSA) is 52.7 Å². The van der Waals surface area contributed by atoms with E-state index in [2.05, 4.69) is 5.32 Å². The van der Waals surface area contributed by atoms with Crippen molar-refractivity contribution in [3.63, 3.8) is 0 Å². The third-order valence-electron chi connectivity index (χ3n) is 5.75. The van der Waals surface area contributed by atoms with E-state index >= 15 is 0 Å². The summed E-state index contributed by atoms with van der Waals surface area (Å²) in [4.78, 5) is 30.6. The molecule has 2 aromatic carbocycles. The van der Waals surface area contributed by atoms with Crippen LogP contribution in [0.1, 0.15) is 36.3 Å². The first-order chi connectivity index (χ1) is 16.3. The predicted molar refractivity (Wildman–Crippen MR) is 132 cm³/mol. The van der Waals surface area contributed by atoms with Gasteiger partial charge in [0.25, 0.3) is 0 Å². The summed E-state index contributed by atoms with van der Waals surface area (Å²) in [6, 6.07) is 13.1. The van der Waals surface area contributed by atoms with Gasteiger partial charge in [-0.15, -0.1) is 11.3 Å². The number of rotatable bonds is 9. The maximum atomic E-state index is 14.1. The van der Waals surface area contributed by atoms with Gasteiger partial charge in [-0.05, 0) is 67.1 Å². The van der Waals surface area contributed by atoms with E-state index in [-0.39, 0.29) is 36.5 Å². The van der Waals surface area contributed by atoms with Gasteiger partial charge in [-0.2, -0.15) is 0 Å². The molecular formula is C26H29F2N3O2S. The number of para-hydroxylation sites is 1. The van der Waals surface area contributed by atoms with Gasteiger partial charge >= 0.3 is 6.03 Å². The smallest absolute Gasteiger partial charge is 0.322 e. The Labute approximate surface area is 203 Å². The first kappa shape index (κ1) is 25.4. The average Bonchev–Trinajstić information content (AvgIpc) is 3.23. The minimum atomic E-state index is -0.544. The van der Waals surface area contributed by atoms with Gasteiger partial charge in [0.2, 0.25) is 5.91 Å². The van der Waals surface area contributed by atoms with Gasteiger partial charge in [0, 0.05) is 17.5 Å². The lowest BCUT2D eigenvalue weighted by Crippen LogP contribution is -2.48. The van der Waals surface area contributed by atoms with Crippen molar-refractivity contribution in [1.82, 2.24) is 9.80 Å². The Kier molecular flexibility index (Phi) is 8.76. The molecule has 3 aromatic rings. The van der Waals surface area contributed by atoms with E-state index in [1.54, 1.807) is 40.5 Å². The van der Waals surface area contributed by atoms with E-state index < -0.39 is 11.8 Å². The lowest BCUT2D eigenvalue weighted by Gasteiger charge is -2.31. The van der Waals surface area contributed by atoms with Crippen LogP contribution in [-0.2, 0) is 17.9 Å². The molecule has 0 saturated heterocycles. The third-order valence-corrected chi connectivity index (χ3v) is 6.75. The second kappa shape index (κ2) is 11.7. The molecule has 0 fully saturated rings. The first-order valence-corrected chi connectivity index (χ1v) is 12.0. The van der Waals surface area contributed by atoms with Crippen molar-refractivity contribution in [2.24, 2.45) is 0 Å². The molecule has 0 bridgehead atoms. The quantitative estimate of drug-likeness (QED) is 0.393. The number of aryl methyl sites for hydroxylation is 1. The van der Waals surface area contributed by atoms with Crippen LogP contribution < -0.4 is 5.32 Å². The van der Waals surface area contributed by atoms with E-state index in [4.69, 9.17) is 0 Å². The fourth-order valence-corrected chi connectivity index (χ4v) is 4.35. The van der Waals surface area contributed by atoms with Crippen LogP contribution in [0.3, 0.4) is 0 Å². The third kappa shape index (κ3) is 6.63. The molecule has 1 aromatic heterocycles. The molecule has 1 atom stereocenters. The molecule has 0 aliphatic heterocycles. The van der Waals surface area contributed by atoms with E-state index in [0.29, 0.717) is 13.0 Å². The number of carbonyl (C=O) groups is 2. The largest absolute Gasteiger partial charge is 0.332 e. The zero-order valence-electron chi connectivity index (χ0n) is 19.6. The normalized spacial score (nSPS) is 11.7. The van der Waals surface area contributed by atoms with Crippen molar-refractivity contribution in [3.8, 4) is 0 Å². The SMILES string of the molecule is CCC(C)N(CC(=O)N(Cc1ccc(F)cc1)Cc1sccc1C)C(=O)Nc1ccccc1F. The Morgan fingerprint density at radius 2 is 1.74 bits per heavy atom. The van der Waals surface area contributed by atoms with Crippen LogP contribution in [0.2, 0.25) is 0 Å². The Morgan fingerprint density at radius 1 is 1.03 bits per heavy atom. The molecule has 34 heavy (non-hydrogen) atoms. The lowest BCUT2D eigenvalue weighted by molar-refractivity contribution is -0.133. The Hall–Kier alpha value is -3.26. The minimum absolute atomic E-state index is 0.0608. The summed E-state index contributed by atoms with van der Waals surface area (Å²) in [5.41, 5.74) is 1.93. The molecule has 0 radical (unpaired) electrons. The number of urea groups is 1. The standard InChI is InChI=1S/C26H29F2N3O2S/c1-4-19(3)31(26(33)29-23-8-6-5-7-22(23)28)17-25(32)30(16-24-18(2)13-14-34-24)15-20-9-11-21(27)12-10-20/h5-14,19H,4,15-17H2,1-3H3,(H,29,33). The molecule has 0 aliphatic carbocycles. The molecule has 3 amide bonds. The number of nitrogens with zero attached hydrogens (tertiary/aromatic N) is 2. The van der Waals surface area contributed by atoms with E-state index in [1.165, 1.54) is 29.2 Å². The summed E-state index contributed by atoms with van der Waals surface area (Å²) in [6.07, 6.45) is 0.625. The summed E-state index contributed by atoms with van der Waals surface area (Å²) < 4.78 is 27.5. The van der Waals surface area contributed by atoms with Gasteiger partial charge in [-0.3, -0.25) is 4.79 Å². The molecule has 1 N–H and O–H groups in total. The number of benzene rings is 2. The van der Waals surface area contributed by atoms with Crippen LogP contribution >= 0.6 is 11.3 Å². The van der Waals surface area contributed by atoms with Crippen molar-refractivity contribution in [3.05, 3.63) is 87.6 Å². The number of nitrogens with one attached hydrogen (secondary N) is 1. The molecule has 8 heteroatoms. The second-order valence-corrected chi connectivity index (χ2v) is 9.20. The average molecular weight is 486 g/mol. The van der Waals surface area contributed by atoms with Crippen molar-refractivity contribution >= 4 is 29.0 Å². The van der Waals surface area contributed by atoms with Crippen LogP contribution in [0, 0.1) is 18.6 Å². The molecule has 1 heterocycles. The van der Waals surface area contributed by atoms with Gasteiger partial charge in [-0.1, -0.05) is 31.2 Å². The minimum Gasteiger partial charge on any atom is -0.332 e. The van der Waals surface area contributed by atoms with E-state index in [9.17, 15) is 18.4 Å². The number of carbonyl (C=O) groups excluding carboxylic acids is 2. The Balaban J connectivity index is 1.81. The number of hydrogen-bond acceptors (Lipinski definition) is 3. The number of thiophene rings is 1. The summed E-state index contributed by atoms with van der Waals surface area (Å²) in [5.74, 6) is -1.14. The molecule has 1 unspecified atom stereocenters. The maximum absolute atomic E-state index is 14.1. The summed E-state index contributed by atoms with van der Waals surface area (Å²) >= 11 is 1.56. The predicted octanol–water partition coefficient (Wildman–Crippen LogP) is 6.20. The highest BCUT2D eigenvalue weighted by Crippen LogP contribution is 2.21. The fourth-order valence-electron chi connectivity index (χ4n) is 3.43. The molecule has 0 saturated carbocycles. The number of halogens is 2. The van der Waals surface area contributed by atoms with Crippen LogP contribution in [0.5, 0.6) is 0 Å². The van der Waals surface area contributed by atoms with Gasteiger partial charge < -0.3 is 15.1 Å². The molecule has 0 spiro atoms. The highest BCUT2D eigenvalue weighted by Gasteiger charge is 2.26. The monoisotopic (exact) mass is 485 g/mol. The van der Waals surface area contributed by atoms with E-state index in [0.717, 1.165) is 16.0 Å². The highest BCUT2D eigenvalue weighted by molar-refractivity contribution is 7.10. The van der Waals surface area contributed by atoms with Crippen molar-refractivity contribution in [2.45, 2.75) is 46.3 Å². The number of anilines is 1. The second-order valence-electron chi connectivity index (χ2n) is 8.20. The molecule has 3 rings (SSSR count). The lowest BCUT2D eigenvalue weighted by atomic mass is 10.2. The van der Waals surface area contributed by atoms with Gasteiger partial charge in [0.05, 0.1) is 12.2 Å². The Bertz CT molecular complexity index is 1120. The fraction of sp³-hybridized carbons (Fsp3) is 0.308. The van der Waals surface area contributed by atoms with Gasteiger partial charge in [0.15, 0.2) is 0 Å². The molecule has 180 valence electrons. The zero-order chi connectivity index (χ0) is 24.7. The van der Waals surface area contributed by atoms with Crippen LogP contribution in [-0.4, -0.2) is 34.3 Å². The number of hydrogen-bond donors (Lipinski definition) is 1. The summed E-state index contributed by atoms with van der Waals surface area (Å²) in [7, 11) is 0. The maximum Gasteiger partial charge on any atom is 0.322 e. The molecule has 5 nitrogen and oxygen atoms in total. The number of amides is 3. The first-order valence-electron chi connectivity index (χ1n) is 11.2. The van der Waals surface area contributed by atoms with Crippen LogP contribution in [0.15, 0.2) is 60.0 Å². The van der Waals surface area contributed by atoms with Crippen LogP contribution in [0.4, 0.5) is 19.3 Å². The Morgan fingerprint density at radius 3 is 2.35 bits per heavy atom. The van der Waals surface area contributed by atoms with Crippen molar-refractivity contribution in [2.75, 3.05) is 11.9 Å². The van der Waals surface area contributed by atoms with Gasteiger partial charge in [-0.25, -0.2) is 13.6 Å². The zero-order valence-corrected chi connectivity index (χ0v) is 20.4. The van der Waals surface area contributed by atoms with Crippen molar-refractivity contribution < 1.29 is 18.4 Å².